The van der Waals surface area contributed by atoms with Crippen LogP contribution < -0.4 is 10.6 Å². The molecule has 1 aromatic rings. The van der Waals surface area contributed by atoms with Crippen molar-refractivity contribution in [3.05, 3.63) is 35.9 Å². The predicted molar refractivity (Wildman–Crippen MR) is 205 cm³/mol. The zero-order valence-corrected chi connectivity index (χ0v) is 33.5. The number of likely N-dealkylation sites (tertiary alicyclic amines) is 1. The highest BCUT2D eigenvalue weighted by atomic mass is 32.1. The molecule has 2 amide bonds. The number of amides is 2. The van der Waals surface area contributed by atoms with Gasteiger partial charge < -0.3 is 35.0 Å². The molecule has 8 atom stereocenters. The summed E-state index contributed by atoms with van der Waals surface area (Å²) in [4.78, 5) is 57.5. The van der Waals surface area contributed by atoms with Gasteiger partial charge in [-0.05, 0) is 51.1 Å². The Morgan fingerprint density at radius 2 is 1.69 bits per heavy atom. The Kier molecular flexibility index (Phi) is 17.6. The van der Waals surface area contributed by atoms with Crippen molar-refractivity contribution < 1.29 is 33.8 Å². The van der Waals surface area contributed by atoms with Crippen molar-refractivity contribution in [2.24, 2.45) is 23.7 Å². The number of likely N-dealkylation sites (N-methyl/N-ethyl adjacent to an activating group) is 2. The van der Waals surface area contributed by atoms with Crippen LogP contribution in [0.4, 0.5) is 0 Å². The van der Waals surface area contributed by atoms with Crippen molar-refractivity contribution in [2.75, 3.05) is 34.9 Å². The SMILES string of the molecule is CC[C@H](C)[C@@H]([C@@H](CC(=O)N1CCC[C@H]1[C@H](OC)[C@@H](C)C(=S)N[C@@H](Cc1ccccc1)C(=O)O)OC)N(C)C(=O)[C@@H](CC(=O)C(C)(C)NC)C(C)C. The van der Waals surface area contributed by atoms with Crippen LogP contribution in [0, 0.1) is 23.7 Å². The molecule has 51 heavy (non-hydrogen) atoms. The molecule has 2 rings (SSSR count). The summed E-state index contributed by atoms with van der Waals surface area (Å²) in [7, 11) is 6.66. The first-order valence-electron chi connectivity index (χ1n) is 18.4. The van der Waals surface area contributed by atoms with Gasteiger partial charge in [-0.3, -0.25) is 14.4 Å². The average Bonchev–Trinajstić information content (AvgIpc) is 3.59. The first-order valence-corrected chi connectivity index (χ1v) is 18.8. The smallest absolute Gasteiger partial charge is 0.326 e. The highest BCUT2D eigenvalue weighted by Gasteiger charge is 2.43. The fourth-order valence-corrected chi connectivity index (χ4v) is 7.40. The standard InChI is InChI=1S/C39H64N4O7S/c1-12-25(4)34(42(9)37(46)28(24(2)3)22-32(44)39(6,7)40-8)31(49-10)23-33(45)43-20-16-19-30(43)35(50-11)26(5)36(51)41-29(38(47)48)21-27-17-14-13-15-18-27/h13-15,17-18,24-26,28-31,34-35,40H,12,16,19-23H2,1-11H3,(H,41,51)(H,47,48)/t25-,26+,28-,29-,30-,31+,34-,35+/m0/s1. The zero-order valence-electron chi connectivity index (χ0n) is 32.7. The fourth-order valence-electron chi connectivity index (χ4n) is 7.12. The molecule has 0 aromatic heterocycles. The van der Waals surface area contributed by atoms with Crippen LogP contribution in [-0.4, -0.2) is 114 Å². The van der Waals surface area contributed by atoms with Crippen molar-refractivity contribution in [1.82, 2.24) is 20.4 Å². The van der Waals surface area contributed by atoms with E-state index in [9.17, 15) is 24.3 Å². The molecule has 1 fully saturated rings. The summed E-state index contributed by atoms with van der Waals surface area (Å²) in [6, 6.07) is 7.79. The Morgan fingerprint density at radius 3 is 2.20 bits per heavy atom. The number of nitrogens with one attached hydrogen (secondary N) is 2. The quantitative estimate of drug-likeness (QED) is 0.152. The van der Waals surface area contributed by atoms with Crippen LogP contribution in [0.1, 0.15) is 86.1 Å². The van der Waals surface area contributed by atoms with Gasteiger partial charge in [0.1, 0.15) is 6.04 Å². The molecule has 1 aliphatic rings. The number of thiocarbonyl (C=S) groups is 1. The van der Waals surface area contributed by atoms with Crippen LogP contribution >= 0.6 is 12.2 Å². The molecule has 3 N–H and O–H groups in total. The second kappa shape index (κ2) is 20.3. The molecule has 0 saturated carbocycles. The van der Waals surface area contributed by atoms with E-state index in [1.165, 1.54) is 0 Å². The summed E-state index contributed by atoms with van der Waals surface area (Å²) in [5.41, 5.74) is 0.123. The summed E-state index contributed by atoms with van der Waals surface area (Å²) in [5.74, 6) is -2.23. The summed E-state index contributed by atoms with van der Waals surface area (Å²) in [6.45, 7) is 14.1. The van der Waals surface area contributed by atoms with Crippen molar-refractivity contribution in [1.29, 1.82) is 0 Å². The second-order valence-electron chi connectivity index (χ2n) is 15.0. The van der Waals surface area contributed by atoms with E-state index in [1.807, 2.05) is 69.9 Å². The van der Waals surface area contributed by atoms with Crippen LogP contribution in [0.3, 0.4) is 0 Å². The number of carboxylic acid groups (broad SMARTS) is 1. The van der Waals surface area contributed by atoms with Gasteiger partial charge in [-0.2, -0.15) is 0 Å². The van der Waals surface area contributed by atoms with Crippen LogP contribution in [0.15, 0.2) is 30.3 Å². The first kappa shape index (κ1) is 44.2. The summed E-state index contributed by atoms with van der Waals surface area (Å²) >= 11 is 5.74. The number of carbonyl (C=O) groups is 4. The first-order chi connectivity index (χ1) is 23.9. The van der Waals surface area contributed by atoms with Crippen molar-refractivity contribution in [2.45, 2.75) is 123 Å². The van der Waals surface area contributed by atoms with Gasteiger partial charge in [0.2, 0.25) is 11.8 Å². The molecule has 1 aliphatic heterocycles. The molecular formula is C39H64N4O7S. The van der Waals surface area contributed by atoms with Crippen LogP contribution in [0.25, 0.3) is 0 Å². The molecule has 12 heteroatoms. The molecule has 0 unspecified atom stereocenters. The molecule has 1 heterocycles. The van der Waals surface area contributed by atoms with Gasteiger partial charge in [0.15, 0.2) is 5.78 Å². The largest absolute Gasteiger partial charge is 0.480 e. The Hall–Kier alpha value is -2.93. The maximum Gasteiger partial charge on any atom is 0.326 e. The van der Waals surface area contributed by atoms with E-state index in [2.05, 4.69) is 24.5 Å². The van der Waals surface area contributed by atoms with Gasteiger partial charge in [0, 0.05) is 52.5 Å². The number of aliphatic carboxylic acids is 1. The second-order valence-corrected chi connectivity index (χ2v) is 15.5. The highest BCUT2D eigenvalue weighted by Crippen LogP contribution is 2.31. The van der Waals surface area contributed by atoms with Crippen molar-refractivity contribution in [3.63, 3.8) is 0 Å². The van der Waals surface area contributed by atoms with E-state index in [0.717, 1.165) is 18.4 Å². The van der Waals surface area contributed by atoms with E-state index in [1.54, 1.807) is 33.2 Å². The average molecular weight is 733 g/mol. The molecule has 0 bridgehead atoms. The third kappa shape index (κ3) is 11.8. The lowest BCUT2D eigenvalue weighted by molar-refractivity contribution is -0.148. The van der Waals surface area contributed by atoms with Gasteiger partial charge in [-0.15, -0.1) is 0 Å². The number of carbonyl (C=O) groups excluding carboxylic acids is 3. The van der Waals surface area contributed by atoms with Gasteiger partial charge in [0.05, 0.1) is 41.2 Å². The zero-order chi connectivity index (χ0) is 38.6. The number of benzene rings is 1. The Morgan fingerprint density at radius 1 is 1.06 bits per heavy atom. The monoisotopic (exact) mass is 732 g/mol. The van der Waals surface area contributed by atoms with E-state index in [-0.39, 0.29) is 60.7 Å². The molecule has 1 aromatic carbocycles. The maximum atomic E-state index is 14.2. The predicted octanol–water partition coefficient (Wildman–Crippen LogP) is 4.75. The number of rotatable bonds is 21. The lowest BCUT2D eigenvalue weighted by Crippen LogP contribution is -2.55. The minimum atomic E-state index is -1.00. The van der Waals surface area contributed by atoms with Gasteiger partial charge in [-0.1, -0.05) is 83.6 Å². The van der Waals surface area contributed by atoms with Crippen molar-refractivity contribution in [3.8, 4) is 0 Å². The number of Topliss-reactive ketones (excluding diaryl/α,β-unsaturated/α-hetero) is 1. The lowest BCUT2D eigenvalue weighted by atomic mass is 9.83. The topological polar surface area (TPSA) is 138 Å². The van der Waals surface area contributed by atoms with Crippen LogP contribution in [-0.2, 0) is 35.1 Å². The number of nitrogens with zero attached hydrogens (tertiary/aromatic N) is 2. The number of carboxylic acids is 1. The highest BCUT2D eigenvalue weighted by molar-refractivity contribution is 7.80. The summed E-state index contributed by atoms with van der Waals surface area (Å²) in [5, 5.41) is 16.0. The minimum absolute atomic E-state index is 0.0107. The number of hydrogen-bond donors (Lipinski definition) is 3. The Labute approximate surface area is 311 Å². The molecular weight excluding hydrogens is 669 g/mol. The fraction of sp³-hybridized carbons (Fsp3) is 0.718. The molecule has 0 radical (unpaired) electrons. The minimum Gasteiger partial charge on any atom is -0.480 e. The lowest BCUT2D eigenvalue weighted by Gasteiger charge is -2.41. The number of ketones is 1. The summed E-state index contributed by atoms with van der Waals surface area (Å²) < 4.78 is 12.0. The molecule has 0 aliphatic carbocycles. The maximum absolute atomic E-state index is 14.2. The van der Waals surface area contributed by atoms with Crippen LogP contribution in [0.5, 0.6) is 0 Å². The van der Waals surface area contributed by atoms with E-state index < -0.39 is 41.7 Å². The van der Waals surface area contributed by atoms with Gasteiger partial charge in [-0.25, -0.2) is 4.79 Å². The van der Waals surface area contributed by atoms with Gasteiger partial charge in [0.25, 0.3) is 0 Å². The number of ether oxygens (including phenoxy) is 2. The third-order valence-electron chi connectivity index (χ3n) is 11.0. The Balaban J connectivity index is 2.26. The van der Waals surface area contributed by atoms with Gasteiger partial charge >= 0.3 is 5.97 Å². The normalized spacial score (nSPS) is 19.1. The van der Waals surface area contributed by atoms with E-state index >= 15 is 0 Å². The van der Waals surface area contributed by atoms with Crippen molar-refractivity contribution >= 4 is 40.8 Å². The van der Waals surface area contributed by atoms with Crippen LogP contribution in [0.2, 0.25) is 0 Å². The van der Waals surface area contributed by atoms with E-state index in [4.69, 9.17) is 21.7 Å². The number of methoxy groups -OCH3 is 2. The molecule has 0 spiro atoms. The number of hydrogen-bond acceptors (Lipinski definition) is 8. The van der Waals surface area contributed by atoms with E-state index in [0.29, 0.717) is 18.0 Å². The molecule has 1 saturated heterocycles. The third-order valence-corrected chi connectivity index (χ3v) is 11.5. The molecule has 11 nitrogen and oxygen atoms in total. The molecule has 288 valence electrons. The Bertz CT molecular complexity index is 1310. The summed E-state index contributed by atoms with van der Waals surface area (Å²) in [6.07, 6.45) is 1.64.